The minimum Gasteiger partial charge on any atom is -0.462 e. The van der Waals surface area contributed by atoms with Gasteiger partial charge in [0, 0.05) is 25.7 Å². The third kappa shape index (κ3) is 63.5. The van der Waals surface area contributed by atoms with E-state index < -0.39 is 97.5 Å². The van der Waals surface area contributed by atoms with Gasteiger partial charge in [-0.2, -0.15) is 0 Å². The first-order chi connectivity index (χ1) is 43.3. The Labute approximate surface area is 549 Å². The standard InChI is InChI=1S/C71H138O17P2/c1-8-10-11-12-13-14-15-17-21-24-30-38-45-52-68(73)81-58-66(87-70(75)54-47-40-31-25-22-19-16-18-20-23-28-35-42-49-62(3)4)60-85-89(77,78)83-56-65(72)57-84-90(79,80)86-61-67(59-82-69(74)53-46-39-34-33-37-44-51-64(7)9-2)88-71(76)55-48-41-32-27-26-29-36-43-50-63(5)6/h62-67,72H,8-61H2,1-7H3,(H,77,78)(H,79,80)/t64?,65-,66-,67-/m1/s1. The summed E-state index contributed by atoms with van der Waals surface area (Å²) in [7, 11) is -9.90. The van der Waals surface area contributed by atoms with Crippen molar-refractivity contribution in [1.29, 1.82) is 0 Å². The Hall–Kier alpha value is -1.94. The average Bonchev–Trinajstić information content (AvgIpc) is 3.72. The molecule has 0 aromatic heterocycles. The van der Waals surface area contributed by atoms with Crippen LogP contribution in [0.1, 0.15) is 357 Å². The predicted molar refractivity (Wildman–Crippen MR) is 363 cm³/mol. The zero-order valence-corrected chi connectivity index (χ0v) is 60.4. The number of phosphoric ester groups is 2. The molecule has 0 aliphatic rings. The first kappa shape index (κ1) is 88.1. The normalized spacial score (nSPS) is 14.5. The molecule has 0 fully saturated rings. The highest BCUT2D eigenvalue weighted by atomic mass is 31.2. The van der Waals surface area contributed by atoms with E-state index in [0.717, 1.165) is 114 Å². The molecule has 0 saturated heterocycles. The molecule has 0 aliphatic heterocycles. The lowest BCUT2D eigenvalue weighted by molar-refractivity contribution is -0.161. The zero-order chi connectivity index (χ0) is 66.6. The molecule has 0 aliphatic carbocycles. The lowest BCUT2D eigenvalue weighted by atomic mass is 10.00. The van der Waals surface area contributed by atoms with Gasteiger partial charge < -0.3 is 33.8 Å². The van der Waals surface area contributed by atoms with Crippen LogP contribution >= 0.6 is 15.6 Å². The highest BCUT2D eigenvalue weighted by Crippen LogP contribution is 2.45. The minimum absolute atomic E-state index is 0.103. The molecule has 0 bridgehead atoms. The highest BCUT2D eigenvalue weighted by Gasteiger charge is 2.30. The second kappa shape index (κ2) is 61.9. The van der Waals surface area contributed by atoms with Gasteiger partial charge in [-0.3, -0.25) is 37.3 Å². The molecular weight excluding hydrogens is 1190 g/mol. The maximum absolute atomic E-state index is 13.0. The van der Waals surface area contributed by atoms with Gasteiger partial charge in [-0.15, -0.1) is 0 Å². The maximum Gasteiger partial charge on any atom is 0.472 e. The number of carbonyl (C=O) groups excluding carboxylic acids is 4. The highest BCUT2D eigenvalue weighted by molar-refractivity contribution is 7.47. The first-order valence-corrected chi connectivity index (χ1v) is 39.9. The van der Waals surface area contributed by atoms with E-state index in [4.69, 9.17) is 37.0 Å². The lowest BCUT2D eigenvalue weighted by Gasteiger charge is -2.21. The maximum atomic E-state index is 13.0. The van der Waals surface area contributed by atoms with Gasteiger partial charge >= 0.3 is 39.5 Å². The summed E-state index contributed by atoms with van der Waals surface area (Å²) in [5, 5.41) is 10.6. The molecule has 6 atom stereocenters. The fraction of sp³-hybridized carbons (Fsp3) is 0.944. The molecule has 0 saturated carbocycles. The van der Waals surface area contributed by atoms with Crippen molar-refractivity contribution in [2.75, 3.05) is 39.6 Å². The Morgan fingerprint density at radius 3 is 0.844 bits per heavy atom. The average molecular weight is 1330 g/mol. The Balaban J connectivity index is 5.25. The van der Waals surface area contributed by atoms with Gasteiger partial charge in [0.15, 0.2) is 12.2 Å². The third-order valence-corrected chi connectivity index (χ3v) is 18.6. The molecule has 0 aromatic carbocycles. The van der Waals surface area contributed by atoms with Crippen molar-refractivity contribution in [3.05, 3.63) is 0 Å². The number of rotatable bonds is 69. The van der Waals surface area contributed by atoms with E-state index in [1.165, 1.54) is 161 Å². The number of unbranched alkanes of at least 4 members (excludes halogenated alkanes) is 36. The van der Waals surface area contributed by atoms with Gasteiger partial charge in [0.05, 0.1) is 26.4 Å². The molecule has 0 aromatic rings. The molecule has 0 heterocycles. The number of aliphatic hydroxyl groups excluding tert-OH is 1. The van der Waals surface area contributed by atoms with Crippen LogP contribution in [0.25, 0.3) is 0 Å². The summed E-state index contributed by atoms with van der Waals surface area (Å²) >= 11 is 0. The number of hydrogen-bond donors (Lipinski definition) is 3. The van der Waals surface area contributed by atoms with Gasteiger partial charge in [0.25, 0.3) is 0 Å². The molecule has 0 amide bonds. The SMILES string of the molecule is CCCCCCCCCCCCCCCC(=O)OC[C@H](COP(=O)(O)OC[C@@H](O)COP(=O)(O)OC[C@@H](COC(=O)CCCCCCCCC(C)CC)OC(=O)CCCCCCCCCCC(C)C)OC(=O)CCCCCCCCCCCCCCCC(C)C. The molecule has 534 valence electrons. The van der Waals surface area contributed by atoms with E-state index in [1.54, 1.807) is 0 Å². The molecule has 3 N–H and O–H groups in total. The largest absolute Gasteiger partial charge is 0.472 e. The first-order valence-electron chi connectivity index (χ1n) is 36.9. The fourth-order valence-corrected chi connectivity index (χ4v) is 12.3. The van der Waals surface area contributed by atoms with E-state index in [0.29, 0.717) is 25.7 Å². The molecule has 17 nitrogen and oxygen atoms in total. The van der Waals surface area contributed by atoms with Gasteiger partial charge in [-0.25, -0.2) is 9.13 Å². The second-order valence-corrected chi connectivity index (χ2v) is 29.7. The smallest absolute Gasteiger partial charge is 0.462 e. The summed E-state index contributed by atoms with van der Waals surface area (Å²) in [6.45, 7) is 11.8. The molecular formula is C71H138O17P2. The monoisotopic (exact) mass is 1320 g/mol. The van der Waals surface area contributed by atoms with E-state index >= 15 is 0 Å². The summed E-state index contributed by atoms with van der Waals surface area (Å²) in [5.41, 5.74) is 0. The molecule has 90 heavy (non-hydrogen) atoms. The quantitative estimate of drug-likeness (QED) is 0.0222. The van der Waals surface area contributed by atoms with Crippen molar-refractivity contribution < 1.29 is 80.2 Å². The van der Waals surface area contributed by atoms with Crippen LogP contribution in [0.15, 0.2) is 0 Å². The van der Waals surface area contributed by atoms with Crippen molar-refractivity contribution in [2.24, 2.45) is 17.8 Å². The van der Waals surface area contributed by atoms with Crippen LogP contribution in [-0.4, -0.2) is 96.7 Å². The van der Waals surface area contributed by atoms with Gasteiger partial charge in [0.2, 0.25) is 0 Å². The van der Waals surface area contributed by atoms with Crippen LogP contribution in [0.3, 0.4) is 0 Å². The van der Waals surface area contributed by atoms with Crippen LogP contribution in [0.5, 0.6) is 0 Å². The number of hydrogen-bond acceptors (Lipinski definition) is 15. The summed E-state index contributed by atoms with van der Waals surface area (Å²) in [6.07, 6.45) is 45.8. The van der Waals surface area contributed by atoms with Gasteiger partial charge in [-0.1, -0.05) is 305 Å². The van der Waals surface area contributed by atoms with E-state index in [-0.39, 0.29) is 25.7 Å². The number of ether oxygens (including phenoxy) is 4. The van der Waals surface area contributed by atoms with Crippen LogP contribution in [-0.2, 0) is 65.4 Å². The zero-order valence-electron chi connectivity index (χ0n) is 58.6. The van der Waals surface area contributed by atoms with Crippen molar-refractivity contribution in [2.45, 2.75) is 375 Å². The van der Waals surface area contributed by atoms with E-state index in [9.17, 15) is 43.2 Å². The molecule has 3 unspecified atom stereocenters. The van der Waals surface area contributed by atoms with Gasteiger partial charge in [-0.05, 0) is 43.4 Å². The van der Waals surface area contributed by atoms with Crippen LogP contribution in [0, 0.1) is 17.8 Å². The summed E-state index contributed by atoms with van der Waals surface area (Å²) < 4.78 is 68.3. The molecule has 0 radical (unpaired) electrons. The molecule has 0 rings (SSSR count). The summed E-state index contributed by atoms with van der Waals surface area (Å²) in [4.78, 5) is 72.6. The molecule has 0 spiro atoms. The summed E-state index contributed by atoms with van der Waals surface area (Å²) in [6, 6.07) is 0. The van der Waals surface area contributed by atoms with E-state index in [2.05, 4.69) is 48.5 Å². The topological polar surface area (TPSA) is 237 Å². The molecule has 19 heteroatoms. The minimum atomic E-state index is -4.95. The number of esters is 4. The van der Waals surface area contributed by atoms with Crippen LogP contribution < -0.4 is 0 Å². The van der Waals surface area contributed by atoms with Crippen molar-refractivity contribution in [3.63, 3.8) is 0 Å². The van der Waals surface area contributed by atoms with Crippen LogP contribution in [0.2, 0.25) is 0 Å². The predicted octanol–water partition coefficient (Wildman–Crippen LogP) is 20.2. The number of phosphoric acid groups is 2. The third-order valence-electron chi connectivity index (χ3n) is 16.7. The lowest BCUT2D eigenvalue weighted by Crippen LogP contribution is -2.30. The van der Waals surface area contributed by atoms with Crippen molar-refractivity contribution in [1.82, 2.24) is 0 Å². The fourth-order valence-electron chi connectivity index (χ4n) is 10.7. The summed E-state index contributed by atoms with van der Waals surface area (Å²) in [5.74, 6) is 0.109. The Bertz CT molecular complexity index is 1770. The Morgan fingerprint density at radius 2 is 0.567 bits per heavy atom. The number of aliphatic hydroxyl groups is 1. The van der Waals surface area contributed by atoms with Crippen molar-refractivity contribution in [3.8, 4) is 0 Å². The Kier molecular flexibility index (Phi) is 60.6. The van der Waals surface area contributed by atoms with E-state index in [1.807, 2.05) is 0 Å². The second-order valence-electron chi connectivity index (χ2n) is 26.8. The van der Waals surface area contributed by atoms with Crippen LogP contribution in [0.4, 0.5) is 0 Å². The Morgan fingerprint density at radius 1 is 0.322 bits per heavy atom. The number of carbonyl (C=O) groups is 4. The van der Waals surface area contributed by atoms with Gasteiger partial charge in [0.1, 0.15) is 19.3 Å². The van der Waals surface area contributed by atoms with Crippen molar-refractivity contribution >= 4 is 39.5 Å².